The molecular formula is C8H7F2NO3. The number of nitrogen functional groups attached to an aromatic ring is 1. The van der Waals surface area contributed by atoms with Crippen LogP contribution in [0.15, 0.2) is 18.2 Å². The van der Waals surface area contributed by atoms with E-state index in [0.29, 0.717) is 0 Å². The third-order valence-corrected chi connectivity index (χ3v) is 1.48. The van der Waals surface area contributed by atoms with Gasteiger partial charge in [0, 0.05) is 0 Å². The van der Waals surface area contributed by atoms with E-state index < -0.39 is 12.6 Å². The number of hydrogen-bond donors (Lipinski definition) is 2. The maximum Gasteiger partial charge on any atom is 0.387 e. The molecule has 0 aliphatic rings. The van der Waals surface area contributed by atoms with Crippen LogP contribution in [0.2, 0.25) is 0 Å². The van der Waals surface area contributed by atoms with Crippen molar-refractivity contribution in [3.05, 3.63) is 23.8 Å². The predicted octanol–water partition coefficient (Wildman–Crippen LogP) is 1.57. The Kier molecular flexibility index (Phi) is 2.85. The van der Waals surface area contributed by atoms with Crippen molar-refractivity contribution in [3.8, 4) is 5.75 Å². The SMILES string of the molecule is Nc1ccc(C(=O)O)cc1OC(F)F. The first kappa shape index (κ1) is 10.2. The molecule has 1 aromatic rings. The van der Waals surface area contributed by atoms with Crippen LogP contribution in [0.5, 0.6) is 5.75 Å². The summed E-state index contributed by atoms with van der Waals surface area (Å²) in [5.41, 5.74) is 5.10. The van der Waals surface area contributed by atoms with Gasteiger partial charge in [-0.3, -0.25) is 0 Å². The van der Waals surface area contributed by atoms with E-state index in [9.17, 15) is 13.6 Å². The Morgan fingerprint density at radius 1 is 1.50 bits per heavy atom. The largest absolute Gasteiger partial charge is 0.478 e. The molecule has 4 nitrogen and oxygen atoms in total. The van der Waals surface area contributed by atoms with Crippen molar-refractivity contribution in [2.24, 2.45) is 0 Å². The van der Waals surface area contributed by atoms with Gasteiger partial charge in [-0.15, -0.1) is 0 Å². The third kappa shape index (κ3) is 2.32. The zero-order valence-electron chi connectivity index (χ0n) is 6.91. The molecule has 0 saturated heterocycles. The second kappa shape index (κ2) is 3.91. The van der Waals surface area contributed by atoms with Gasteiger partial charge in [0.25, 0.3) is 0 Å². The summed E-state index contributed by atoms with van der Waals surface area (Å²) in [6.07, 6.45) is 0. The van der Waals surface area contributed by atoms with Gasteiger partial charge in [0.15, 0.2) is 0 Å². The van der Waals surface area contributed by atoms with E-state index in [4.69, 9.17) is 10.8 Å². The van der Waals surface area contributed by atoms with E-state index in [1.54, 1.807) is 0 Å². The lowest BCUT2D eigenvalue weighted by Gasteiger charge is -2.07. The number of nitrogens with two attached hydrogens (primary N) is 1. The van der Waals surface area contributed by atoms with Crippen LogP contribution in [0.4, 0.5) is 14.5 Å². The Morgan fingerprint density at radius 3 is 2.64 bits per heavy atom. The molecule has 0 aliphatic carbocycles. The summed E-state index contributed by atoms with van der Waals surface area (Å²) in [5, 5.41) is 8.55. The van der Waals surface area contributed by atoms with E-state index in [1.165, 1.54) is 12.1 Å². The van der Waals surface area contributed by atoms with Gasteiger partial charge >= 0.3 is 12.6 Å². The van der Waals surface area contributed by atoms with Gasteiger partial charge in [-0.25, -0.2) is 4.79 Å². The molecule has 0 bridgehead atoms. The van der Waals surface area contributed by atoms with Gasteiger partial charge in [0.1, 0.15) is 5.75 Å². The molecule has 0 unspecified atom stereocenters. The summed E-state index contributed by atoms with van der Waals surface area (Å²) in [6, 6.07) is 3.35. The van der Waals surface area contributed by atoms with E-state index in [2.05, 4.69) is 4.74 Å². The monoisotopic (exact) mass is 203 g/mol. The summed E-state index contributed by atoms with van der Waals surface area (Å²) in [6.45, 7) is -3.03. The molecule has 0 saturated carbocycles. The van der Waals surface area contributed by atoms with Gasteiger partial charge in [0.05, 0.1) is 11.3 Å². The second-order valence-electron chi connectivity index (χ2n) is 2.44. The molecule has 14 heavy (non-hydrogen) atoms. The summed E-state index contributed by atoms with van der Waals surface area (Å²) in [4.78, 5) is 10.5. The third-order valence-electron chi connectivity index (χ3n) is 1.48. The topological polar surface area (TPSA) is 72.6 Å². The fraction of sp³-hybridized carbons (Fsp3) is 0.125. The molecule has 0 aromatic heterocycles. The molecule has 0 amide bonds. The zero-order valence-corrected chi connectivity index (χ0v) is 6.91. The second-order valence-corrected chi connectivity index (χ2v) is 2.44. The first-order chi connectivity index (χ1) is 6.50. The highest BCUT2D eigenvalue weighted by molar-refractivity contribution is 5.89. The van der Waals surface area contributed by atoms with Gasteiger partial charge in [-0.2, -0.15) is 8.78 Å². The number of rotatable bonds is 3. The molecule has 1 aromatic carbocycles. The maximum absolute atomic E-state index is 11.8. The van der Waals surface area contributed by atoms with Crippen LogP contribution in [0.1, 0.15) is 10.4 Å². The van der Waals surface area contributed by atoms with E-state index in [0.717, 1.165) is 6.07 Å². The summed E-state index contributed by atoms with van der Waals surface area (Å²) < 4.78 is 27.6. The molecule has 3 N–H and O–H groups in total. The summed E-state index contributed by atoms with van der Waals surface area (Å²) in [7, 11) is 0. The van der Waals surface area contributed by atoms with Crippen molar-refractivity contribution in [2.75, 3.05) is 5.73 Å². The molecule has 0 atom stereocenters. The lowest BCUT2D eigenvalue weighted by atomic mass is 10.2. The average Bonchev–Trinajstić information content (AvgIpc) is 2.07. The summed E-state index contributed by atoms with van der Waals surface area (Å²) >= 11 is 0. The van der Waals surface area contributed by atoms with Crippen molar-refractivity contribution < 1.29 is 23.4 Å². The van der Waals surface area contributed by atoms with Gasteiger partial charge in [-0.1, -0.05) is 0 Å². The number of aromatic carboxylic acids is 1. The molecule has 0 aliphatic heterocycles. The number of anilines is 1. The fourth-order valence-electron chi connectivity index (χ4n) is 0.865. The van der Waals surface area contributed by atoms with Crippen molar-refractivity contribution in [1.82, 2.24) is 0 Å². The first-order valence-corrected chi connectivity index (χ1v) is 3.58. The van der Waals surface area contributed by atoms with Gasteiger partial charge in [-0.05, 0) is 18.2 Å². The molecule has 0 heterocycles. The Bertz CT molecular complexity index is 354. The lowest BCUT2D eigenvalue weighted by Crippen LogP contribution is -2.06. The normalized spacial score (nSPS) is 10.2. The molecule has 0 radical (unpaired) electrons. The Labute approximate surface area is 77.9 Å². The predicted molar refractivity (Wildman–Crippen MR) is 44.4 cm³/mol. The number of carboxylic acids is 1. The van der Waals surface area contributed by atoms with Gasteiger partial charge in [0.2, 0.25) is 0 Å². The zero-order chi connectivity index (χ0) is 10.7. The van der Waals surface area contributed by atoms with E-state index >= 15 is 0 Å². The summed E-state index contributed by atoms with van der Waals surface area (Å²) in [5.74, 6) is -1.57. The molecular weight excluding hydrogens is 196 g/mol. The Balaban J connectivity index is 3.02. The van der Waals surface area contributed by atoms with Crippen LogP contribution >= 0.6 is 0 Å². The minimum absolute atomic E-state index is 0.0321. The van der Waals surface area contributed by atoms with Crippen LogP contribution in [-0.2, 0) is 0 Å². The van der Waals surface area contributed by atoms with E-state index in [1.807, 2.05) is 0 Å². The quantitative estimate of drug-likeness (QED) is 0.731. The highest BCUT2D eigenvalue weighted by Crippen LogP contribution is 2.24. The molecule has 76 valence electrons. The highest BCUT2D eigenvalue weighted by Gasteiger charge is 2.11. The van der Waals surface area contributed by atoms with Crippen LogP contribution in [0.3, 0.4) is 0 Å². The van der Waals surface area contributed by atoms with E-state index in [-0.39, 0.29) is 17.0 Å². The lowest BCUT2D eigenvalue weighted by molar-refractivity contribution is -0.0494. The molecule has 1 rings (SSSR count). The van der Waals surface area contributed by atoms with Crippen molar-refractivity contribution in [2.45, 2.75) is 6.61 Å². The van der Waals surface area contributed by atoms with Crippen molar-refractivity contribution in [1.29, 1.82) is 0 Å². The highest BCUT2D eigenvalue weighted by atomic mass is 19.3. The number of halogens is 2. The Hall–Kier alpha value is -1.85. The van der Waals surface area contributed by atoms with Crippen LogP contribution in [-0.4, -0.2) is 17.7 Å². The first-order valence-electron chi connectivity index (χ1n) is 3.58. The number of alkyl halides is 2. The molecule has 0 fully saturated rings. The van der Waals surface area contributed by atoms with Crippen LogP contribution in [0, 0.1) is 0 Å². The maximum atomic E-state index is 11.8. The van der Waals surface area contributed by atoms with Crippen LogP contribution < -0.4 is 10.5 Å². The van der Waals surface area contributed by atoms with Gasteiger partial charge < -0.3 is 15.6 Å². The van der Waals surface area contributed by atoms with Crippen LogP contribution in [0.25, 0.3) is 0 Å². The van der Waals surface area contributed by atoms with Crippen molar-refractivity contribution >= 4 is 11.7 Å². The smallest absolute Gasteiger partial charge is 0.387 e. The number of hydrogen-bond acceptors (Lipinski definition) is 3. The molecule has 0 spiro atoms. The number of carbonyl (C=O) groups is 1. The number of ether oxygens (including phenoxy) is 1. The molecule has 6 heteroatoms. The minimum atomic E-state index is -3.03. The number of carboxylic acid groups (broad SMARTS) is 1. The van der Waals surface area contributed by atoms with Crippen molar-refractivity contribution in [3.63, 3.8) is 0 Å². The minimum Gasteiger partial charge on any atom is -0.478 e. The fourth-order valence-corrected chi connectivity index (χ4v) is 0.865. The average molecular weight is 203 g/mol. The standard InChI is InChI=1S/C8H7F2NO3/c9-8(10)14-6-3-4(7(12)13)1-2-5(6)11/h1-3,8H,11H2,(H,12,13). The number of benzene rings is 1. The Morgan fingerprint density at radius 2 is 2.14 bits per heavy atom.